The largest absolute Gasteiger partial charge is 0.504 e. The molecule has 1 heterocycles. The van der Waals surface area contributed by atoms with E-state index < -0.39 is 0 Å². The molecule has 0 atom stereocenters. The van der Waals surface area contributed by atoms with Crippen molar-refractivity contribution in [3.8, 4) is 11.5 Å². The summed E-state index contributed by atoms with van der Waals surface area (Å²) in [5, 5.41) is 18.0. The van der Waals surface area contributed by atoms with Crippen LogP contribution in [0.4, 0.5) is 0 Å². The standard InChI is InChI=1S/C21H22N4O3/c1-14-9-15(2)25(24-14)13-17-5-4-6-18(10-17)21(27)23-22-12-16-7-8-19(26)20(11-16)28-3/h4-12,26H,13H2,1-3H3,(H,23,27)/b22-12+. The zero-order valence-electron chi connectivity index (χ0n) is 16.0. The molecule has 7 heteroatoms. The zero-order valence-corrected chi connectivity index (χ0v) is 16.0. The second-order valence-corrected chi connectivity index (χ2v) is 6.42. The van der Waals surface area contributed by atoms with Crippen molar-refractivity contribution in [2.45, 2.75) is 20.4 Å². The topological polar surface area (TPSA) is 88.7 Å². The lowest BCUT2D eigenvalue weighted by molar-refractivity contribution is 0.0955. The van der Waals surface area contributed by atoms with Gasteiger partial charge in [-0.2, -0.15) is 10.2 Å². The molecule has 0 fully saturated rings. The Bertz CT molecular complexity index is 1020. The van der Waals surface area contributed by atoms with Gasteiger partial charge in [0.2, 0.25) is 0 Å². The number of aromatic nitrogens is 2. The number of hydrazone groups is 1. The number of benzene rings is 2. The summed E-state index contributed by atoms with van der Waals surface area (Å²) in [6, 6.07) is 14.2. The summed E-state index contributed by atoms with van der Waals surface area (Å²) < 4.78 is 6.95. The van der Waals surface area contributed by atoms with Crippen LogP contribution in [-0.4, -0.2) is 34.1 Å². The maximum absolute atomic E-state index is 12.4. The zero-order chi connectivity index (χ0) is 20.1. The van der Waals surface area contributed by atoms with E-state index in [1.807, 2.05) is 42.8 Å². The van der Waals surface area contributed by atoms with E-state index in [2.05, 4.69) is 15.6 Å². The van der Waals surface area contributed by atoms with Crippen molar-refractivity contribution in [3.63, 3.8) is 0 Å². The van der Waals surface area contributed by atoms with Crippen LogP contribution < -0.4 is 10.2 Å². The highest BCUT2D eigenvalue weighted by Gasteiger charge is 2.07. The molecule has 0 aliphatic rings. The first-order valence-electron chi connectivity index (χ1n) is 8.76. The fourth-order valence-corrected chi connectivity index (χ4v) is 2.82. The number of phenolic OH excluding ortho intramolecular Hbond substituents is 1. The van der Waals surface area contributed by atoms with Gasteiger partial charge in [-0.15, -0.1) is 0 Å². The number of ether oxygens (including phenoxy) is 1. The number of nitrogens with zero attached hydrogens (tertiary/aromatic N) is 3. The number of aryl methyl sites for hydroxylation is 2. The average Bonchev–Trinajstić information content (AvgIpc) is 3.00. The normalized spacial score (nSPS) is 11.0. The lowest BCUT2D eigenvalue weighted by Crippen LogP contribution is -2.18. The number of phenols is 1. The molecule has 7 nitrogen and oxygen atoms in total. The summed E-state index contributed by atoms with van der Waals surface area (Å²) in [6.07, 6.45) is 1.49. The van der Waals surface area contributed by atoms with Gasteiger partial charge in [0.15, 0.2) is 11.5 Å². The molecule has 0 radical (unpaired) electrons. The van der Waals surface area contributed by atoms with Crippen molar-refractivity contribution in [1.29, 1.82) is 0 Å². The van der Waals surface area contributed by atoms with Crippen LogP contribution in [0.3, 0.4) is 0 Å². The number of hydrogen-bond donors (Lipinski definition) is 2. The van der Waals surface area contributed by atoms with Gasteiger partial charge in [-0.3, -0.25) is 9.48 Å². The molecule has 0 saturated carbocycles. The first kappa shape index (κ1) is 19.2. The highest BCUT2D eigenvalue weighted by molar-refractivity contribution is 5.95. The van der Waals surface area contributed by atoms with Gasteiger partial charge in [-0.05, 0) is 61.4 Å². The van der Waals surface area contributed by atoms with Crippen LogP contribution >= 0.6 is 0 Å². The minimum absolute atomic E-state index is 0.0445. The third-order valence-electron chi connectivity index (χ3n) is 4.21. The average molecular weight is 378 g/mol. The SMILES string of the molecule is COc1cc(/C=N/NC(=O)c2cccc(Cn3nc(C)cc3C)c2)ccc1O. The summed E-state index contributed by atoms with van der Waals surface area (Å²) in [4.78, 5) is 12.4. The third kappa shape index (κ3) is 4.56. The van der Waals surface area contributed by atoms with E-state index in [1.165, 1.54) is 19.4 Å². The monoisotopic (exact) mass is 378 g/mol. The summed E-state index contributed by atoms with van der Waals surface area (Å²) in [6.45, 7) is 4.55. The smallest absolute Gasteiger partial charge is 0.271 e. The van der Waals surface area contributed by atoms with E-state index in [9.17, 15) is 9.90 Å². The van der Waals surface area contributed by atoms with E-state index in [0.717, 1.165) is 17.0 Å². The minimum atomic E-state index is -0.308. The molecule has 1 amide bonds. The van der Waals surface area contributed by atoms with Gasteiger partial charge >= 0.3 is 0 Å². The van der Waals surface area contributed by atoms with E-state index in [1.54, 1.807) is 18.2 Å². The lowest BCUT2D eigenvalue weighted by Gasteiger charge is -2.07. The molecule has 0 bridgehead atoms. The molecule has 144 valence electrons. The predicted molar refractivity (Wildman–Crippen MR) is 107 cm³/mol. The number of rotatable bonds is 6. The van der Waals surface area contributed by atoms with Crippen LogP contribution in [0.5, 0.6) is 11.5 Å². The van der Waals surface area contributed by atoms with Crippen molar-refractivity contribution >= 4 is 12.1 Å². The van der Waals surface area contributed by atoms with Crippen molar-refractivity contribution in [3.05, 3.63) is 76.6 Å². The number of carbonyl (C=O) groups is 1. The molecule has 0 aliphatic heterocycles. The summed E-state index contributed by atoms with van der Waals surface area (Å²) >= 11 is 0. The first-order valence-corrected chi connectivity index (χ1v) is 8.76. The number of hydrogen-bond acceptors (Lipinski definition) is 5. The molecule has 28 heavy (non-hydrogen) atoms. The molecule has 0 saturated heterocycles. The van der Waals surface area contributed by atoms with E-state index >= 15 is 0 Å². The summed E-state index contributed by atoms with van der Waals surface area (Å²) in [5.74, 6) is 0.0763. The Kier molecular flexibility index (Phi) is 5.74. The lowest BCUT2D eigenvalue weighted by atomic mass is 10.1. The molecule has 3 aromatic rings. The maximum atomic E-state index is 12.4. The second kappa shape index (κ2) is 8.39. The Morgan fingerprint density at radius 1 is 1.25 bits per heavy atom. The quantitative estimate of drug-likeness (QED) is 0.510. The molecular weight excluding hydrogens is 356 g/mol. The number of amides is 1. The van der Waals surface area contributed by atoms with Gasteiger partial charge in [-0.25, -0.2) is 5.43 Å². The van der Waals surface area contributed by atoms with Crippen LogP contribution in [-0.2, 0) is 6.54 Å². The predicted octanol–water partition coefficient (Wildman–Crippen LogP) is 3.03. The molecule has 3 rings (SSSR count). The van der Waals surface area contributed by atoms with Crippen LogP contribution in [0.15, 0.2) is 53.6 Å². The fourth-order valence-electron chi connectivity index (χ4n) is 2.82. The minimum Gasteiger partial charge on any atom is -0.504 e. The Morgan fingerprint density at radius 3 is 2.79 bits per heavy atom. The van der Waals surface area contributed by atoms with Crippen LogP contribution in [0.1, 0.15) is 32.9 Å². The third-order valence-corrected chi connectivity index (χ3v) is 4.21. The maximum Gasteiger partial charge on any atom is 0.271 e. The van der Waals surface area contributed by atoms with Crippen LogP contribution in [0.25, 0.3) is 0 Å². The van der Waals surface area contributed by atoms with Crippen LogP contribution in [0, 0.1) is 13.8 Å². The number of aromatic hydroxyl groups is 1. The number of carbonyl (C=O) groups excluding carboxylic acids is 1. The van der Waals surface area contributed by atoms with Crippen molar-refractivity contribution < 1.29 is 14.6 Å². The Balaban J connectivity index is 1.67. The van der Waals surface area contributed by atoms with Gasteiger partial charge in [0.1, 0.15) is 0 Å². The first-order chi connectivity index (χ1) is 13.5. The fraction of sp³-hybridized carbons (Fsp3) is 0.190. The van der Waals surface area contributed by atoms with Gasteiger partial charge in [0, 0.05) is 11.3 Å². The Hall–Kier alpha value is -3.61. The van der Waals surface area contributed by atoms with Gasteiger partial charge < -0.3 is 9.84 Å². The number of nitrogens with one attached hydrogen (secondary N) is 1. The summed E-state index contributed by atoms with van der Waals surface area (Å²) in [7, 11) is 1.47. The highest BCUT2D eigenvalue weighted by Crippen LogP contribution is 2.25. The van der Waals surface area contributed by atoms with E-state index in [4.69, 9.17) is 4.74 Å². The molecule has 0 spiro atoms. The molecule has 1 aromatic heterocycles. The molecule has 0 aliphatic carbocycles. The molecule has 0 unspecified atom stereocenters. The van der Waals surface area contributed by atoms with E-state index in [0.29, 0.717) is 23.4 Å². The van der Waals surface area contributed by atoms with Crippen LogP contribution in [0.2, 0.25) is 0 Å². The highest BCUT2D eigenvalue weighted by atomic mass is 16.5. The van der Waals surface area contributed by atoms with Gasteiger partial charge in [-0.1, -0.05) is 12.1 Å². The molecule has 2 aromatic carbocycles. The second-order valence-electron chi connectivity index (χ2n) is 6.42. The van der Waals surface area contributed by atoms with Gasteiger partial charge in [0.25, 0.3) is 5.91 Å². The number of methoxy groups -OCH3 is 1. The van der Waals surface area contributed by atoms with Gasteiger partial charge in [0.05, 0.1) is 25.6 Å². The molecule has 2 N–H and O–H groups in total. The Labute approximate surface area is 163 Å². The van der Waals surface area contributed by atoms with Crippen molar-refractivity contribution in [2.75, 3.05) is 7.11 Å². The van der Waals surface area contributed by atoms with E-state index in [-0.39, 0.29) is 11.7 Å². The summed E-state index contributed by atoms with van der Waals surface area (Å²) in [5.41, 5.74) is 6.73. The van der Waals surface area contributed by atoms with Crippen molar-refractivity contribution in [2.24, 2.45) is 5.10 Å². The molecular formula is C21H22N4O3. The van der Waals surface area contributed by atoms with Crippen molar-refractivity contribution in [1.82, 2.24) is 15.2 Å². The Morgan fingerprint density at radius 2 is 2.07 bits per heavy atom.